The molecular formula is C10H14N2O. The molecular weight excluding hydrogens is 164 g/mol. The van der Waals surface area contributed by atoms with Gasteiger partial charge < -0.3 is 10.5 Å². The summed E-state index contributed by atoms with van der Waals surface area (Å²) in [6, 6.07) is 7.58. The van der Waals surface area contributed by atoms with Gasteiger partial charge in [-0.25, -0.2) is 0 Å². The zero-order chi connectivity index (χ0) is 9.68. The summed E-state index contributed by atoms with van der Waals surface area (Å²) in [5, 5.41) is 0. The molecule has 0 unspecified atom stereocenters. The maximum Gasteiger partial charge on any atom is 0.129 e. The van der Waals surface area contributed by atoms with E-state index in [0.29, 0.717) is 12.4 Å². The van der Waals surface area contributed by atoms with E-state index < -0.39 is 0 Å². The number of rotatable bonds is 3. The smallest absolute Gasteiger partial charge is 0.129 e. The van der Waals surface area contributed by atoms with Gasteiger partial charge in [0.25, 0.3) is 0 Å². The van der Waals surface area contributed by atoms with Crippen molar-refractivity contribution in [1.29, 1.82) is 0 Å². The van der Waals surface area contributed by atoms with Gasteiger partial charge in [-0.15, -0.1) is 0 Å². The lowest BCUT2D eigenvalue weighted by Crippen LogP contribution is -2.14. The second-order valence-corrected chi connectivity index (χ2v) is 2.56. The van der Waals surface area contributed by atoms with Crippen molar-refractivity contribution >= 4 is 5.84 Å². The van der Waals surface area contributed by atoms with Crippen LogP contribution >= 0.6 is 0 Å². The molecule has 3 heteroatoms. The summed E-state index contributed by atoms with van der Waals surface area (Å²) in [5.74, 6) is 1.29. The molecule has 0 bridgehead atoms. The third-order valence-corrected chi connectivity index (χ3v) is 1.71. The lowest BCUT2D eigenvalue weighted by Gasteiger charge is -2.06. The van der Waals surface area contributed by atoms with E-state index in [1.54, 1.807) is 7.11 Å². The molecule has 0 aliphatic heterocycles. The Kier molecular flexibility index (Phi) is 3.31. The second-order valence-electron chi connectivity index (χ2n) is 2.56. The molecule has 1 rings (SSSR count). The Morgan fingerprint density at radius 3 is 2.77 bits per heavy atom. The van der Waals surface area contributed by atoms with Crippen LogP contribution in [0.4, 0.5) is 0 Å². The Morgan fingerprint density at radius 1 is 1.46 bits per heavy atom. The Balaban J connectivity index is 3.05. The predicted molar refractivity (Wildman–Crippen MR) is 54.3 cm³/mol. The molecule has 1 aromatic rings. The summed E-state index contributed by atoms with van der Waals surface area (Å²) in [6.07, 6.45) is 0. The van der Waals surface area contributed by atoms with Gasteiger partial charge in [0.15, 0.2) is 0 Å². The highest BCUT2D eigenvalue weighted by Gasteiger charge is 2.03. The molecule has 0 radical (unpaired) electrons. The van der Waals surface area contributed by atoms with Crippen LogP contribution in [0.1, 0.15) is 12.5 Å². The van der Waals surface area contributed by atoms with Crippen molar-refractivity contribution in [3.8, 4) is 5.75 Å². The third kappa shape index (κ3) is 2.21. The van der Waals surface area contributed by atoms with Crippen LogP contribution in [0.25, 0.3) is 0 Å². The molecule has 0 heterocycles. The first-order valence-electron chi connectivity index (χ1n) is 4.23. The molecule has 0 atom stereocenters. The van der Waals surface area contributed by atoms with Crippen molar-refractivity contribution < 1.29 is 4.74 Å². The fraction of sp³-hybridized carbons (Fsp3) is 0.300. The molecule has 70 valence electrons. The first-order valence-corrected chi connectivity index (χ1v) is 4.23. The molecule has 0 fully saturated rings. The molecule has 0 aliphatic carbocycles. The molecule has 2 N–H and O–H groups in total. The van der Waals surface area contributed by atoms with Gasteiger partial charge in [-0.05, 0) is 19.1 Å². The summed E-state index contributed by atoms with van der Waals surface area (Å²) in [4.78, 5) is 4.12. The molecule has 0 aromatic heterocycles. The van der Waals surface area contributed by atoms with Gasteiger partial charge >= 0.3 is 0 Å². The standard InChI is InChI=1S/C10H14N2O/c1-3-12-10(11)8-6-4-5-7-9(8)13-2/h4-7H,3H2,1-2H3,(H2,11,12). The number of hydrogen-bond acceptors (Lipinski definition) is 2. The van der Waals surface area contributed by atoms with Crippen LogP contribution in [0.3, 0.4) is 0 Å². The fourth-order valence-corrected chi connectivity index (χ4v) is 1.11. The normalized spacial score (nSPS) is 11.4. The molecule has 1 aromatic carbocycles. The maximum absolute atomic E-state index is 5.75. The molecule has 3 nitrogen and oxygen atoms in total. The maximum atomic E-state index is 5.75. The topological polar surface area (TPSA) is 47.6 Å². The quantitative estimate of drug-likeness (QED) is 0.562. The molecule has 0 spiro atoms. The van der Waals surface area contributed by atoms with Crippen LogP contribution in [0, 0.1) is 0 Å². The molecule has 0 saturated heterocycles. The van der Waals surface area contributed by atoms with Crippen molar-refractivity contribution in [3.63, 3.8) is 0 Å². The molecule has 13 heavy (non-hydrogen) atoms. The van der Waals surface area contributed by atoms with Gasteiger partial charge in [0, 0.05) is 6.54 Å². The van der Waals surface area contributed by atoms with Crippen LogP contribution in [0.5, 0.6) is 5.75 Å². The minimum absolute atomic E-state index is 0.528. The SMILES string of the molecule is CCN=C(N)c1ccccc1OC. The van der Waals surface area contributed by atoms with E-state index in [0.717, 1.165) is 11.3 Å². The van der Waals surface area contributed by atoms with E-state index in [2.05, 4.69) is 4.99 Å². The van der Waals surface area contributed by atoms with Gasteiger partial charge in [-0.1, -0.05) is 12.1 Å². The summed E-state index contributed by atoms with van der Waals surface area (Å²) < 4.78 is 5.15. The van der Waals surface area contributed by atoms with E-state index >= 15 is 0 Å². The highest BCUT2D eigenvalue weighted by molar-refractivity contribution is 5.99. The van der Waals surface area contributed by atoms with Crippen LogP contribution in [-0.4, -0.2) is 19.5 Å². The monoisotopic (exact) mass is 178 g/mol. The van der Waals surface area contributed by atoms with Crippen LogP contribution in [0.2, 0.25) is 0 Å². The number of nitrogens with two attached hydrogens (primary N) is 1. The van der Waals surface area contributed by atoms with E-state index in [-0.39, 0.29) is 0 Å². The number of amidine groups is 1. The van der Waals surface area contributed by atoms with Gasteiger partial charge in [0.2, 0.25) is 0 Å². The third-order valence-electron chi connectivity index (χ3n) is 1.71. The highest BCUT2D eigenvalue weighted by Crippen LogP contribution is 2.16. The zero-order valence-electron chi connectivity index (χ0n) is 7.95. The van der Waals surface area contributed by atoms with E-state index in [4.69, 9.17) is 10.5 Å². The van der Waals surface area contributed by atoms with Crippen molar-refractivity contribution in [1.82, 2.24) is 0 Å². The first kappa shape index (κ1) is 9.58. The van der Waals surface area contributed by atoms with Crippen molar-refractivity contribution in [2.45, 2.75) is 6.92 Å². The minimum Gasteiger partial charge on any atom is -0.496 e. The van der Waals surface area contributed by atoms with Crippen LogP contribution in [-0.2, 0) is 0 Å². The Morgan fingerprint density at radius 2 is 2.15 bits per heavy atom. The van der Waals surface area contributed by atoms with Crippen molar-refractivity contribution in [3.05, 3.63) is 29.8 Å². The van der Waals surface area contributed by atoms with E-state index in [1.807, 2.05) is 31.2 Å². The molecule has 0 aliphatic rings. The summed E-state index contributed by atoms with van der Waals surface area (Å²) in [6.45, 7) is 2.63. The van der Waals surface area contributed by atoms with Gasteiger partial charge in [-0.3, -0.25) is 4.99 Å². The number of hydrogen-bond donors (Lipinski definition) is 1. The zero-order valence-corrected chi connectivity index (χ0v) is 7.95. The van der Waals surface area contributed by atoms with Crippen molar-refractivity contribution in [2.24, 2.45) is 10.7 Å². The largest absolute Gasteiger partial charge is 0.496 e. The lowest BCUT2D eigenvalue weighted by molar-refractivity contribution is 0.414. The lowest BCUT2D eigenvalue weighted by atomic mass is 10.2. The number of ether oxygens (including phenoxy) is 1. The van der Waals surface area contributed by atoms with Gasteiger partial charge in [0.1, 0.15) is 11.6 Å². The van der Waals surface area contributed by atoms with E-state index in [1.165, 1.54) is 0 Å². The Hall–Kier alpha value is -1.51. The number of aliphatic imine (C=N–C) groups is 1. The average molecular weight is 178 g/mol. The minimum atomic E-state index is 0.528. The number of nitrogens with zero attached hydrogens (tertiary/aromatic N) is 1. The van der Waals surface area contributed by atoms with Crippen molar-refractivity contribution in [2.75, 3.05) is 13.7 Å². The fourth-order valence-electron chi connectivity index (χ4n) is 1.11. The van der Waals surface area contributed by atoms with Gasteiger partial charge in [0.05, 0.1) is 12.7 Å². The second kappa shape index (κ2) is 4.50. The number of benzene rings is 1. The van der Waals surface area contributed by atoms with E-state index in [9.17, 15) is 0 Å². The molecule has 0 amide bonds. The predicted octanol–water partition coefficient (Wildman–Crippen LogP) is 1.42. The van der Waals surface area contributed by atoms with Gasteiger partial charge in [-0.2, -0.15) is 0 Å². The Labute approximate surface area is 78.2 Å². The first-order chi connectivity index (χ1) is 6.29. The summed E-state index contributed by atoms with van der Waals surface area (Å²) >= 11 is 0. The number of methoxy groups -OCH3 is 1. The highest BCUT2D eigenvalue weighted by atomic mass is 16.5. The molecule has 0 saturated carbocycles. The Bertz CT molecular complexity index is 308. The van der Waals surface area contributed by atoms with Crippen LogP contribution in [0.15, 0.2) is 29.3 Å². The van der Waals surface area contributed by atoms with Crippen LogP contribution < -0.4 is 10.5 Å². The average Bonchev–Trinajstić information content (AvgIpc) is 2.18. The number of para-hydroxylation sites is 1. The summed E-state index contributed by atoms with van der Waals surface area (Å²) in [7, 11) is 1.62. The summed E-state index contributed by atoms with van der Waals surface area (Å²) in [5.41, 5.74) is 6.61.